The molecule has 3 rings (SSSR count). The first kappa shape index (κ1) is 12.5. The van der Waals surface area contributed by atoms with Gasteiger partial charge in [-0.3, -0.25) is 0 Å². The minimum atomic E-state index is -0.935. The number of aromatic carboxylic acids is 1. The Labute approximate surface area is 115 Å². The molecule has 2 heterocycles. The van der Waals surface area contributed by atoms with Gasteiger partial charge in [0.15, 0.2) is 0 Å². The molecular formula is C15H14N2O3. The molecule has 0 unspecified atom stereocenters. The lowest BCUT2D eigenvalue weighted by Crippen LogP contribution is -2.03. The molecule has 102 valence electrons. The van der Waals surface area contributed by atoms with Gasteiger partial charge < -0.3 is 14.1 Å². The van der Waals surface area contributed by atoms with Gasteiger partial charge in [0.25, 0.3) is 0 Å². The molecule has 1 aromatic carbocycles. The van der Waals surface area contributed by atoms with Gasteiger partial charge in [0.1, 0.15) is 11.6 Å². The number of hydrogen-bond acceptors (Lipinski definition) is 3. The molecule has 0 saturated heterocycles. The zero-order chi connectivity index (χ0) is 14.1. The fraction of sp³-hybridized carbons (Fsp3) is 0.200. The maximum Gasteiger partial charge on any atom is 0.335 e. The molecule has 0 amide bonds. The average molecular weight is 270 g/mol. The second-order valence-corrected chi connectivity index (χ2v) is 4.65. The highest BCUT2D eigenvalue weighted by Crippen LogP contribution is 2.18. The molecular weight excluding hydrogens is 256 g/mol. The first-order chi connectivity index (χ1) is 9.65. The first-order valence-corrected chi connectivity index (χ1v) is 6.38. The average Bonchev–Trinajstić information content (AvgIpc) is 3.02. The summed E-state index contributed by atoms with van der Waals surface area (Å²) in [6.45, 7) is 2.67. The SMILES string of the molecule is Cc1nc2cc(C(=O)O)ccc2n1CCc1ccco1. The van der Waals surface area contributed by atoms with Crippen molar-refractivity contribution in [2.45, 2.75) is 19.9 Å². The number of imidazole rings is 1. The Morgan fingerprint density at radius 3 is 2.95 bits per heavy atom. The van der Waals surface area contributed by atoms with Crippen molar-refractivity contribution in [2.75, 3.05) is 0 Å². The van der Waals surface area contributed by atoms with Crippen molar-refractivity contribution in [1.82, 2.24) is 9.55 Å². The zero-order valence-electron chi connectivity index (χ0n) is 11.0. The van der Waals surface area contributed by atoms with Crippen molar-refractivity contribution in [3.8, 4) is 0 Å². The maximum absolute atomic E-state index is 11.0. The lowest BCUT2D eigenvalue weighted by atomic mass is 10.2. The number of carbonyl (C=O) groups is 1. The fourth-order valence-electron chi connectivity index (χ4n) is 2.34. The number of furan rings is 1. The van der Waals surface area contributed by atoms with Gasteiger partial charge in [-0.2, -0.15) is 0 Å². The van der Waals surface area contributed by atoms with Crippen molar-refractivity contribution in [1.29, 1.82) is 0 Å². The predicted octanol–water partition coefficient (Wildman–Crippen LogP) is 2.88. The molecule has 3 aromatic rings. The summed E-state index contributed by atoms with van der Waals surface area (Å²) >= 11 is 0. The van der Waals surface area contributed by atoms with Crippen LogP contribution in [0.3, 0.4) is 0 Å². The number of aromatic nitrogens is 2. The van der Waals surface area contributed by atoms with Gasteiger partial charge in [0.2, 0.25) is 0 Å². The van der Waals surface area contributed by atoms with E-state index in [-0.39, 0.29) is 5.56 Å². The highest BCUT2D eigenvalue weighted by molar-refractivity contribution is 5.92. The quantitative estimate of drug-likeness (QED) is 0.791. The third kappa shape index (κ3) is 2.18. The van der Waals surface area contributed by atoms with Gasteiger partial charge in [-0.15, -0.1) is 0 Å². The Morgan fingerprint density at radius 1 is 1.40 bits per heavy atom. The number of aryl methyl sites for hydroxylation is 3. The van der Waals surface area contributed by atoms with Gasteiger partial charge in [-0.1, -0.05) is 0 Å². The molecule has 0 atom stereocenters. The standard InChI is InChI=1S/C15H14N2O3/c1-10-16-13-9-11(15(18)19)4-5-14(13)17(10)7-6-12-3-2-8-20-12/h2-5,8-9H,6-7H2,1H3,(H,18,19). The van der Waals surface area contributed by atoms with Crippen molar-refractivity contribution in [2.24, 2.45) is 0 Å². The van der Waals surface area contributed by atoms with Crippen LogP contribution in [0.4, 0.5) is 0 Å². The van der Waals surface area contributed by atoms with Crippen molar-refractivity contribution < 1.29 is 14.3 Å². The summed E-state index contributed by atoms with van der Waals surface area (Å²) in [5.74, 6) is 0.859. The van der Waals surface area contributed by atoms with Crippen molar-refractivity contribution >= 4 is 17.0 Å². The van der Waals surface area contributed by atoms with E-state index in [1.807, 2.05) is 19.1 Å². The van der Waals surface area contributed by atoms with Crippen molar-refractivity contribution in [3.05, 3.63) is 53.7 Å². The third-order valence-electron chi connectivity index (χ3n) is 3.35. The van der Waals surface area contributed by atoms with E-state index in [0.717, 1.165) is 30.1 Å². The van der Waals surface area contributed by atoms with Crippen LogP contribution >= 0.6 is 0 Å². The molecule has 5 nitrogen and oxygen atoms in total. The van der Waals surface area contributed by atoms with Crippen LogP contribution < -0.4 is 0 Å². The van der Waals surface area contributed by atoms with Crippen LogP contribution in [0.25, 0.3) is 11.0 Å². The van der Waals surface area contributed by atoms with Gasteiger partial charge >= 0.3 is 5.97 Å². The molecule has 20 heavy (non-hydrogen) atoms. The minimum Gasteiger partial charge on any atom is -0.478 e. The highest BCUT2D eigenvalue weighted by Gasteiger charge is 2.11. The first-order valence-electron chi connectivity index (χ1n) is 6.38. The monoisotopic (exact) mass is 270 g/mol. The van der Waals surface area contributed by atoms with E-state index in [9.17, 15) is 4.79 Å². The highest BCUT2D eigenvalue weighted by atomic mass is 16.4. The maximum atomic E-state index is 11.0. The molecule has 0 aliphatic rings. The van der Waals surface area contributed by atoms with Gasteiger partial charge in [0, 0.05) is 13.0 Å². The Morgan fingerprint density at radius 2 is 2.25 bits per heavy atom. The number of hydrogen-bond donors (Lipinski definition) is 1. The van der Waals surface area contributed by atoms with Gasteiger partial charge in [-0.05, 0) is 37.3 Å². The van der Waals surface area contributed by atoms with E-state index in [1.165, 1.54) is 0 Å². The van der Waals surface area contributed by atoms with Crippen LogP contribution in [-0.2, 0) is 13.0 Å². The molecule has 0 saturated carbocycles. The minimum absolute atomic E-state index is 0.258. The number of benzene rings is 1. The normalized spacial score (nSPS) is 11.1. The lowest BCUT2D eigenvalue weighted by molar-refractivity contribution is 0.0697. The summed E-state index contributed by atoms with van der Waals surface area (Å²) < 4.78 is 7.40. The summed E-state index contributed by atoms with van der Waals surface area (Å²) in [5.41, 5.74) is 1.91. The number of rotatable bonds is 4. The molecule has 5 heteroatoms. The summed E-state index contributed by atoms with van der Waals surface area (Å²) in [4.78, 5) is 15.4. The molecule has 2 aromatic heterocycles. The molecule has 1 N–H and O–H groups in total. The second-order valence-electron chi connectivity index (χ2n) is 4.65. The number of carboxylic acid groups (broad SMARTS) is 1. The molecule has 0 radical (unpaired) electrons. The summed E-state index contributed by atoms with van der Waals surface area (Å²) in [6.07, 6.45) is 2.44. The number of nitrogens with zero attached hydrogens (tertiary/aromatic N) is 2. The molecule has 0 aliphatic heterocycles. The van der Waals surface area contributed by atoms with E-state index >= 15 is 0 Å². The van der Waals surface area contributed by atoms with E-state index in [2.05, 4.69) is 9.55 Å². The topological polar surface area (TPSA) is 68.3 Å². The molecule has 0 aliphatic carbocycles. The van der Waals surface area contributed by atoms with E-state index in [1.54, 1.807) is 24.5 Å². The van der Waals surface area contributed by atoms with Crippen LogP contribution in [-0.4, -0.2) is 20.6 Å². The Balaban J connectivity index is 1.94. The van der Waals surface area contributed by atoms with Crippen molar-refractivity contribution in [3.63, 3.8) is 0 Å². The summed E-state index contributed by atoms with van der Waals surface area (Å²) in [7, 11) is 0. The smallest absolute Gasteiger partial charge is 0.335 e. The molecule has 0 fully saturated rings. The molecule has 0 bridgehead atoms. The van der Waals surface area contributed by atoms with Crippen LogP contribution in [0.2, 0.25) is 0 Å². The van der Waals surface area contributed by atoms with E-state index < -0.39 is 5.97 Å². The Bertz CT molecular complexity index is 757. The second kappa shape index (κ2) is 4.85. The predicted molar refractivity (Wildman–Crippen MR) is 73.8 cm³/mol. The third-order valence-corrected chi connectivity index (χ3v) is 3.35. The van der Waals surface area contributed by atoms with Crippen LogP contribution in [0.15, 0.2) is 41.0 Å². The summed E-state index contributed by atoms with van der Waals surface area (Å²) in [6, 6.07) is 8.83. The lowest BCUT2D eigenvalue weighted by Gasteiger charge is -2.05. The van der Waals surface area contributed by atoms with E-state index in [4.69, 9.17) is 9.52 Å². The Hall–Kier alpha value is -2.56. The number of carboxylic acids is 1. The van der Waals surface area contributed by atoms with Crippen LogP contribution in [0.5, 0.6) is 0 Å². The van der Waals surface area contributed by atoms with Gasteiger partial charge in [0.05, 0.1) is 22.9 Å². The van der Waals surface area contributed by atoms with Gasteiger partial charge in [-0.25, -0.2) is 9.78 Å². The molecule has 0 spiro atoms. The Kier molecular flexibility index (Phi) is 3.02. The van der Waals surface area contributed by atoms with Crippen LogP contribution in [0.1, 0.15) is 21.9 Å². The largest absolute Gasteiger partial charge is 0.478 e. The van der Waals surface area contributed by atoms with E-state index in [0.29, 0.717) is 5.52 Å². The fourth-order valence-corrected chi connectivity index (χ4v) is 2.34. The summed E-state index contributed by atoms with van der Waals surface area (Å²) in [5, 5.41) is 9.00. The number of fused-ring (bicyclic) bond motifs is 1. The zero-order valence-corrected chi connectivity index (χ0v) is 11.0. The van der Waals surface area contributed by atoms with Crippen LogP contribution in [0, 0.1) is 6.92 Å².